The maximum absolute atomic E-state index is 13.1. The third-order valence-electron chi connectivity index (χ3n) is 4.54. The first-order valence-corrected chi connectivity index (χ1v) is 10.5. The maximum Gasteiger partial charge on any atom is 0.231 e. The molecule has 0 radical (unpaired) electrons. The van der Waals surface area contributed by atoms with E-state index in [-0.39, 0.29) is 24.2 Å². The van der Waals surface area contributed by atoms with Crippen LogP contribution < -0.4 is 14.8 Å². The summed E-state index contributed by atoms with van der Waals surface area (Å²) < 4.78 is 25.8. The molecular formula is C21H19FN4O4S. The van der Waals surface area contributed by atoms with E-state index < -0.39 is 5.82 Å². The largest absolute Gasteiger partial charge is 0.454 e. The molecule has 2 heterocycles. The number of hydrogen-bond donors (Lipinski definition) is 1. The lowest BCUT2D eigenvalue weighted by atomic mass is 10.1. The highest BCUT2D eigenvalue weighted by molar-refractivity contribution is 7.99. The molecule has 0 atom stereocenters. The van der Waals surface area contributed by atoms with E-state index in [1.807, 2.05) is 16.7 Å². The van der Waals surface area contributed by atoms with Crippen molar-refractivity contribution < 1.29 is 23.5 Å². The van der Waals surface area contributed by atoms with E-state index in [0.717, 1.165) is 5.69 Å². The number of ketones is 1. The van der Waals surface area contributed by atoms with Gasteiger partial charge in [-0.3, -0.25) is 14.2 Å². The molecule has 31 heavy (non-hydrogen) atoms. The maximum atomic E-state index is 13.1. The van der Waals surface area contributed by atoms with Crippen molar-refractivity contribution in [1.82, 2.24) is 20.1 Å². The minimum atomic E-state index is -0.393. The summed E-state index contributed by atoms with van der Waals surface area (Å²) >= 11 is 1.23. The zero-order valence-corrected chi connectivity index (χ0v) is 17.4. The predicted octanol–water partition coefficient (Wildman–Crippen LogP) is 2.79. The second kappa shape index (κ2) is 9.17. The van der Waals surface area contributed by atoms with Crippen molar-refractivity contribution in [1.29, 1.82) is 0 Å². The Morgan fingerprint density at radius 1 is 1.13 bits per heavy atom. The van der Waals surface area contributed by atoms with Crippen LogP contribution in [-0.2, 0) is 11.2 Å². The van der Waals surface area contributed by atoms with Crippen LogP contribution in [0.2, 0.25) is 0 Å². The van der Waals surface area contributed by atoms with Gasteiger partial charge in [0.25, 0.3) is 0 Å². The number of nitrogens with one attached hydrogen (secondary N) is 1. The number of thioether (sulfide) groups is 1. The molecule has 1 aliphatic heterocycles. The van der Waals surface area contributed by atoms with Crippen molar-refractivity contribution in [3.05, 3.63) is 59.7 Å². The van der Waals surface area contributed by atoms with Gasteiger partial charge >= 0.3 is 0 Å². The molecule has 160 valence electrons. The Morgan fingerprint density at radius 3 is 2.68 bits per heavy atom. The number of rotatable bonds is 8. The van der Waals surface area contributed by atoms with Gasteiger partial charge in [0.2, 0.25) is 12.7 Å². The topological polar surface area (TPSA) is 95.3 Å². The number of ether oxygens (including phenoxy) is 2. The Labute approximate surface area is 181 Å². The monoisotopic (exact) mass is 442 g/mol. The summed E-state index contributed by atoms with van der Waals surface area (Å²) in [5.74, 6) is 1.33. The van der Waals surface area contributed by atoms with Crippen molar-refractivity contribution in [2.45, 2.75) is 18.5 Å². The van der Waals surface area contributed by atoms with E-state index in [1.165, 1.54) is 43.0 Å². The van der Waals surface area contributed by atoms with Gasteiger partial charge in [-0.25, -0.2) is 4.39 Å². The molecule has 2 aromatic carbocycles. The SMILES string of the molecule is CC(=O)NCCc1nnc(SCC(=O)c2ccc(F)cc2)n1-c1ccc2c(c1)OCO2. The number of carbonyl (C=O) groups excluding carboxylic acids is 2. The number of benzene rings is 2. The van der Waals surface area contributed by atoms with Gasteiger partial charge < -0.3 is 14.8 Å². The van der Waals surface area contributed by atoms with Crippen LogP contribution in [0.25, 0.3) is 5.69 Å². The van der Waals surface area contributed by atoms with Gasteiger partial charge in [0.05, 0.1) is 11.4 Å². The molecule has 1 aliphatic rings. The Morgan fingerprint density at radius 2 is 1.90 bits per heavy atom. The van der Waals surface area contributed by atoms with Gasteiger partial charge in [-0.1, -0.05) is 11.8 Å². The highest BCUT2D eigenvalue weighted by Gasteiger charge is 2.20. The van der Waals surface area contributed by atoms with Crippen LogP contribution in [0.4, 0.5) is 4.39 Å². The molecule has 10 heteroatoms. The summed E-state index contributed by atoms with van der Waals surface area (Å²) in [5, 5.41) is 11.8. The van der Waals surface area contributed by atoms with E-state index in [0.29, 0.717) is 41.0 Å². The van der Waals surface area contributed by atoms with Gasteiger partial charge in [-0.2, -0.15) is 0 Å². The number of hydrogen-bond acceptors (Lipinski definition) is 7. The van der Waals surface area contributed by atoms with Crippen molar-refractivity contribution in [2.24, 2.45) is 0 Å². The van der Waals surface area contributed by atoms with Crippen LogP contribution in [0.15, 0.2) is 47.6 Å². The first-order chi connectivity index (χ1) is 15.0. The van der Waals surface area contributed by atoms with Crippen LogP contribution in [-0.4, -0.2) is 45.5 Å². The molecule has 0 unspecified atom stereocenters. The molecule has 8 nitrogen and oxygen atoms in total. The molecule has 0 spiro atoms. The summed E-state index contributed by atoms with van der Waals surface area (Å²) in [6, 6.07) is 10.9. The number of halogens is 1. The van der Waals surface area contributed by atoms with Crippen molar-refractivity contribution in [3.63, 3.8) is 0 Å². The van der Waals surface area contributed by atoms with Crippen LogP contribution in [0.5, 0.6) is 11.5 Å². The summed E-state index contributed by atoms with van der Waals surface area (Å²) in [4.78, 5) is 23.7. The summed E-state index contributed by atoms with van der Waals surface area (Å²) in [6.07, 6.45) is 0.452. The summed E-state index contributed by atoms with van der Waals surface area (Å²) in [5.41, 5.74) is 1.18. The zero-order chi connectivity index (χ0) is 21.8. The predicted molar refractivity (Wildman–Crippen MR) is 111 cm³/mol. The second-order valence-electron chi connectivity index (χ2n) is 6.72. The average Bonchev–Trinajstić information content (AvgIpc) is 3.38. The highest BCUT2D eigenvalue weighted by atomic mass is 32.2. The number of fused-ring (bicyclic) bond motifs is 1. The minimum absolute atomic E-state index is 0.111. The minimum Gasteiger partial charge on any atom is -0.454 e. The number of Topliss-reactive ketones (excluding diaryl/α,β-unsaturated/α-hetero) is 1. The fourth-order valence-corrected chi connectivity index (χ4v) is 3.90. The Balaban J connectivity index is 1.57. The average molecular weight is 442 g/mol. The third kappa shape index (κ3) is 4.85. The zero-order valence-electron chi connectivity index (χ0n) is 16.6. The Kier molecular flexibility index (Phi) is 6.17. The lowest BCUT2D eigenvalue weighted by molar-refractivity contribution is -0.118. The standard InChI is InChI=1S/C21H19FN4O4S/c1-13(27)23-9-8-20-24-25-21(31-11-17(28)14-2-4-15(22)5-3-14)26(20)16-6-7-18-19(10-16)30-12-29-18/h2-7,10H,8-9,11-12H2,1H3,(H,23,27). The normalized spacial score (nSPS) is 12.1. The first-order valence-electron chi connectivity index (χ1n) is 9.51. The van der Waals surface area contributed by atoms with E-state index in [9.17, 15) is 14.0 Å². The number of nitrogens with zero attached hydrogens (tertiary/aromatic N) is 3. The molecule has 0 saturated heterocycles. The molecule has 0 bridgehead atoms. The molecular weight excluding hydrogens is 423 g/mol. The number of amides is 1. The van der Waals surface area contributed by atoms with Gasteiger partial charge in [-0.05, 0) is 36.4 Å². The van der Waals surface area contributed by atoms with Gasteiger partial charge in [-0.15, -0.1) is 10.2 Å². The second-order valence-corrected chi connectivity index (χ2v) is 7.67. The Bertz CT molecular complexity index is 1120. The molecule has 1 aromatic heterocycles. The third-order valence-corrected chi connectivity index (χ3v) is 5.46. The summed E-state index contributed by atoms with van der Waals surface area (Å²) in [6.45, 7) is 2.01. The number of aromatic nitrogens is 3. The lowest BCUT2D eigenvalue weighted by Gasteiger charge is -2.11. The number of carbonyl (C=O) groups is 2. The molecule has 1 amide bonds. The van der Waals surface area contributed by atoms with E-state index in [1.54, 1.807) is 6.07 Å². The van der Waals surface area contributed by atoms with Crippen LogP contribution in [0.3, 0.4) is 0 Å². The molecule has 1 N–H and O–H groups in total. The summed E-state index contributed by atoms with van der Waals surface area (Å²) in [7, 11) is 0. The van der Waals surface area contributed by atoms with Gasteiger partial charge in [0, 0.05) is 31.5 Å². The van der Waals surface area contributed by atoms with Crippen molar-refractivity contribution in [2.75, 3.05) is 19.1 Å². The Hall–Kier alpha value is -3.40. The molecule has 4 rings (SSSR count). The highest BCUT2D eigenvalue weighted by Crippen LogP contribution is 2.35. The van der Waals surface area contributed by atoms with Crippen molar-refractivity contribution >= 4 is 23.5 Å². The lowest BCUT2D eigenvalue weighted by Crippen LogP contribution is -2.23. The van der Waals surface area contributed by atoms with Crippen molar-refractivity contribution in [3.8, 4) is 17.2 Å². The van der Waals surface area contributed by atoms with Crippen LogP contribution in [0, 0.1) is 5.82 Å². The smallest absolute Gasteiger partial charge is 0.231 e. The first kappa shape index (κ1) is 20.9. The van der Waals surface area contributed by atoms with Crippen LogP contribution >= 0.6 is 11.8 Å². The van der Waals surface area contributed by atoms with E-state index >= 15 is 0 Å². The molecule has 0 saturated carbocycles. The fraction of sp³-hybridized carbons (Fsp3) is 0.238. The molecule has 3 aromatic rings. The van der Waals surface area contributed by atoms with E-state index in [4.69, 9.17) is 9.47 Å². The van der Waals surface area contributed by atoms with Gasteiger partial charge in [0.15, 0.2) is 22.4 Å². The van der Waals surface area contributed by atoms with Gasteiger partial charge in [0.1, 0.15) is 11.6 Å². The van der Waals surface area contributed by atoms with Crippen LogP contribution in [0.1, 0.15) is 23.1 Å². The fourth-order valence-electron chi connectivity index (χ4n) is 3.04. The molecule has 0 aliphatic carbocycles. The molecule has 0 fully saturated rings. The van der Waals surface area contributed by atoms with E-state index in [2.05, 4.69) is 15.5 Å². The quantitative estimate of drug-likeness (QED) is 0.423.